The molecule has 3 nitrogen and oxygen atoms in total. The minimum Gasteiger partial charge on any atom is -0.480 e. The van der Waals surface area contributed by atoms with Crippen LogP contribution in [0.4, 0.5) is 13.2 Å². The predicted molar refractivity (Wildman–Crippen MR) is 35.7 cm³/mol. The molecule has 0 amide bonds. The van der Waals surface area contributed by atoms with E-state index in [-0.39, 0.29) is 0 Å². The quantitative estimate of drug-likeness (QED) is 0.685. The molecule has 72 valence electrons. The Morgan fingerprint density at radius 3 is 2.00 bits per heavy atom. The Balaban J connectivity index is 4.42. The molecule has 0 heterocycles. The van der Waals surface area contributed by atoms with Crippen molar-refractivity contribution < 1.29 is 23.1 Å². The van der Waals surface area contributed by atoms with Gasteiger partial charge in [0.15, 0.2) is 0 Å². The van der Waals surface area contributed by atoms with Gasteiger partial charge in [-0.1, -0.05) is 6.92 Å². The molecule has 0 spiro atoms. The number of hydrogen-bond acceptors (Lipinski definition) is 2. The minimum absolute atomic E-state index is 0.829. The maximum atomic E-state index is 11.9. The van der Waals surface area contributed by atoms with Crippen LogP contribution in [0.3, 0.4) is 0 Å². The molecule has 0 aromatic heterocycles. The summed E-state index contributed by atoms with van der Waals surface area (Å²) < 4.78 is 35.8. The number of aliphatic carboxylic acids is 1. The van der Waals surface area contributed by atoms with Gasteiger partial charge in [0, 0.05) is 0 Å². The summed E-state index contributed by atoms with van der Waals surface area (Å²) in [6.45, 7) is 0.829. The van der Waals surface area contributed by atoms with Gasteiger partial charge in [-0.2, -0.15) is 13.2 Å². The fourth-order valence-electron chi connectivity index (χ4n) is 0.776. The van der Waals surface area contributed by atoms with Gasteiger partial charge < -0.3 is 10.4 Å². The van der Waals surface area contributed by atoms with Gasteiger partial charge in [0.1, 0.15) is 6.04 Å². The van der Waals surface area contributed by atoms with Gasteiger partial charge in [-0.25, -0.2) is 0 Å². The Bertz CT molecular complexity index is 169. The fourth-order valence-corrected chi connectivity index (χ4v) is 0.776. The molecule has 0 fully saturated rings. The van der Waals surface area contributed by atoms with Crippen LogP contribution >= 0.6 is 0 Å². The van der Waals surface area contributed by atoms with Crippen LogP contribution in [0.25, 0.3) is 0 Å². The van der Waals surface area contributed by atoms with Crippen molar-refractivity contribution >= 4 is 5.97 Å². The van der Waals surface area contributed by atoms with Crippen LogP contribution in [-0.2, 0) is 4.79 Å². The molecule has 0 rings (SSSR count). The normalized spacial score (nSPS) is 17.1. The number of carboxylic acid groups (broad SMARTS) is 1. The van der Waals surface area contributed by atoms with E-state index in [1.807, 2.05) is 0 Å². The first-order chi connectivity index (χ1) is 5.30. The second-order valence-corrected chi connectivity index (χ2v) is 2.43. The van der Waals surface area contributed by atoms with E-state index in [0.29, 0.717) is 0 Å². The first kappa shape index (κ1) is 11.2. The van der Waals surface area contributed by atoms with Gasteiger partial charge in [0.25, 0.3) is 0 Å². The van der Waals surface area contributed by atoms with Crippen LogP contribution in [0.15, 0.2) is 0 Å². The van der Waals surface area contributed by atoms with Crippen molar-refractivity contribution in [3.63, 3.8) is 0 Å². The van der Waals surface area contributed by atoms with E-state index in [0.717, 1.165) is 6.92 Å². The third-order valence-electron chi connectivity index (χ3n) is 1.59. The Kier molecular flexibility index (Phi) is 3.51. The first-order valence-corrected chi connectivity index (χ1v) is 3.27. The maximum Gasteiger partial charge on any atom is 0.393 e. The zero-order valence-electron chi connectivity index (χ0n) is 6.64. The number of rotatable bonds is 3. The lowest BCUT2D eigenvalue weighted by molar-refractivity contribution is -0.184. The van der Waals surface area contributed by atoms with Crippen molar-refractivity contribution in [2.75, 3.05) is 7.05 Å². The molecule has 0 aliphatic carbocycles. The summed E-state index contributed by atoms with van der Waals surface area (Å²) in [4.78, 5) is 10.3. The second-order valence-electron chi connectivity index (χ2n) is 2.43. The second kappa shape index (κ2) is 3.75. The van der Waals surface area contributed by atoms with Gasteiger partial charge in [0.05, 0.1) is 5.92 Å². The van der Waals surface area contributed by atoms with Crippen molar-refractivity contribution in [3.05, 3.63) is 0 Å². The summed E-state index contributed by atoms with van der Waals surface area (Å²) in [5.74, 6) is -3.39. The molecular weight excluding hydrogens is 175 g/mol. The summed E-state index contributed by atoms with van der Waals surface area (Å²) in [5.41, 5.74) is 0. The highest BCUT2D eigenvalue weighted by atomic mass is 19.4. The van der Waals surface area contributed by atoms with E-state index in [1.165, 1.54) is 7.05 Å². The highest BCUT2D eigenvalue weighted by molar-refractivity contribution is 5.73. The number of hydrogen-bond donors (Lipinski definition) is 2. The fraction of sp³-hybridized carbons (Fsp3) is 0.833. The van der Waals surface area contributed by atoms with Gasteiger partial charge >= 0.3 is 12.1 Å². The maximum absolute atomic E-state index is 11.9. The van der Waals surface area contributed by atoms with Crippen molar-refractivity contribution in [2.24, 2.45) is 5.92 Å². The summed E-state index contributed by atoms with van der Waals surface area (Å²) in [6.07, 6.45) is -4.48. The van der Waals surface area contributed by atoms with Crippen LogP contribution in [-0.4, -0.2) is 30.3 Å². The van der Waals surface area contributed by atoms with Crippen LogP contribution in [0, 0.1) is 5.92 Å². The topological polar surface area (TPSA) is 49.3 Å². The number of likely N-dealkylation sites (N-methyl/N-ethyl adjacent to an activating group) is 1. The van der Waals surface area contributed by atoms with Crippen LogP contribution < -0.4 is 5.32 Å². The number of alkyl halides is 3. The number of nitrogens with one attached hydrogen (secondary N) is 1. The standard InChI is InChI=1S/C6H10F3NO2/c1-3(6(7,8)9)4(10-2)5(11)12/h3-4,10H,1-2H3,(H,11,12). The number of carbonyl (C=O) groups is 1. The van der Waals surface area contributed by atoms with E-state index in [4.69, 9.17) is 5.11 Å². The molecule has 12 heavy (non-hydrogen) atoms. The van der Waals surface area contributed by atoms with Crippen LogP contribution in [0.5, 0.6) is 0 Å². The Hall–Kier alpha value is -0.780. The number of halogens is 3. The molecule has 0 aliphatic heterocycles. The lowest BCUT2D eigenvalue weighted by atomic mass is 10.0. The Labute approximate surface area is 67.6 Å². The SMILES string of the molecule is CNC(C(=O)O)C(C)C(F)(F)F. The molecule has 2 N–H and O–H groups in total. The molecule has 0 radical (unpaired) electrons. The lowest BCUT2D eigenvalue weighted by Crippen LogP contribution is -2.45. The summed E-state index contributed by atoms with van der Waals surface area (Å²) in [7, 11) is 1.18. The third kappa shape index (κ3) is 2.69. The Morgan fingerprint density at radius 1 is 1.50 bits per heavy atom. The van der Waals surface area contributed by atoms with E-state index >= 15 is 0 Å². The molecule has 6 heteroatoms. The zero-order chi connectivity index (χ0) is 9.94. The average Bonchev–Trinajstić information content (AvgIpc) is 1.86. The first-order valence-electron chi connectivity index (χ1n) is 3.27. The largest absolute Gasteiger partial charge is 0.480 e. The van der Waals surface area contributed by atoms with Crippen LogP contribution in [0.1, 0.15) is 6.92 Å². The molecule has 0 bridgehead atoms. The van der Waals surface area contributed by atoms with Crippen molar-refractivity contribution in [1.82, 2.24) is 5.32 Å². The molecule has 0 saturated carbocycles. The van der Waals surface area contributed by atoms with Gasteiger partial charge in [-0.3, -0.25) is 4.79 Å². The highest BCUT2D eigenvalue weighted by Gasteiger charge is 2.43. The minimum atomic E-state index is -4.48. The van der Waals surface area contributed by atoms with E-state index < -0.39 is 24.1 Å². The average molecular weight is 185 g/mol. The zero-order valence-corrected chi connectivity index (χ0v) is 6.64. The lowest BCUT2D eigenvalue weighted by Gasteiger charge is -2.21. The van der Waals surface area contributed by atoms with E-state index in [2.05, 4.69) is 5.32 Å². The molecule has 2 atom stereocenters. The van der Waals surface area contributed by atoms with Gasteiger partial charge in [-0.05, 0) is 7.05 Å². The predicted octanol–water partition coefficient (Wildman–Crippen LogP) is 0.857. The van der Waals surface area contributed by atoms with E-state index in [9.17, 15) is 18.0 Å². The monoisotopic (exact) mass is 185 g/mol. The smallest absolute Gasteiger partial charge is 0.393 e. The highest BCUT2D eigenvalue weighted by Crippen LogP contribution is 2.28. The van der Waals surface area contributed by atoms with Crippen LogP contribution in [0.2, 0.25) is 0 Å². The van der Waals surface area contributed by atoms with Gasteiger partial charge in [0.2, 0.25) is 0 Å². The molecular formula is C6H10F3NO2. The molecule has 0 aliphatic rings. The molecule has 2 unspecified atom stereocenters. The van der Waals surface area contributed by atoms with Crippen molar-refractivity contribution in [1.29, 1.82) is 0 Å². The summed E-state index contributed by atoms with van der Waals surface area (Å²) >= 11 is 0. The van der Waals surface area contributed by atoms with Crippen molar-refractivity contribution in [3.8, 4) is 0 Å². The summed E-state index contributed by atoms with van der Waals surface area (Å²) in [6, 6.07) is -1.58. The van der Waals surface area contributed by atoms with Gasteiger partial charge in [-0.15, -0.1) is 0 Å². The Morgan fingerprint density at radius 2 is 1.92 bits per heavy atom. The molecule has 0 aromatic carbocycles. The molecule has 0 aromatic rings. The summed E-state index contributed by atoms with van der Waals surface area (Å²) in [5, 5.41) is 10.4. The molecule has 0 saturated heterocycles. The van der Waals surface area contributed by atoms with Crippen molar-refractivity contribution in [2.45, 2.75) is 19.1 Å². The number of carboxylic acids is 1. The third-order valence-corrected chi connectivity index (χ3v) is 1.59. The van der Waals surface area contributed by atoms with E-state index in [1.54, 1.807) is 0 Å².